The minimum atomic E-state index is -0.338. The quantitative estimate of drug-likeness (QED) is 0.771. The number of amides is 1. The first kappa shape index (κ1) is 17.8. The number of nitrogens with zero attached hydrogens (tertiary/aromatic N) is 2. The van der Waals surface area contributed by atoms with Gasteiger partial charge >= 0.3 is 5.97 Å². The highest BCUT2D eigenvalue weighted by Crippen LogP contribution is 2.60. The predicted octanol–water partition coefficient (Wildman–Crippen LogP) is 2.84. The average Bonchev–Trinajstić information content (AvgIpc) is 2.90. The Kier molecular flexibility index (Phi) is 4.71. The SMILES string of the molecule is Cn1c(Cl)cnc1COC(=O)CCNC(=O)C12CC3CC(CC(C3)C1)C2. The molecule has 0 unspecified atom stereocenters. The number of hydrogen-bond acceptors (Lipinski definition) is 4. The molecule has 5 rings (SSSR count). The Hall–Kier alpha value is -1.56. The molecule has 1 aromatic rings. The van der Waals surface area contributed by atoms with E-state index < -0.39 is 0 Å². The minimum absolute atomic E-state index is 0.0883. The van der Waals surface area contributed by atoms with Crippen LogP contribution in [0.4, 0.5) is 0 Å². The van der Waals surface area contributed by atoms with Crippen molar-refractivity contribution in [2.24, 2.45) is 30.2 Å². The number of hydrogen-bond donors (Lipinski definition) is 1. The number of halogens is 1. The molecule has 1 heterocycles. The van der Waals surface area contributed by atoms with Crippen LogP contribution < -0.4 is 5.32 Å². The molecule has 1 N–H and O–H groups in total. The van der Waals surface area contributed by atoms with Gasteiger partial charge in [0.05, 0.1) is 12.6 Å². The summed E-state index contributed by atoms with van der Waals surface area (Å²) in [5.41, 5.74) is -0.164. The lowest BCUT2D eigenvalue weighted by atomic mass is 9.49. The highest BCUT2D eigenvalue weighted by atomic mass is 35.5. The molecule has 4 fully saturated rings. The highest BCUT2D eigenvalue weighted by Gasteiger charge is 2.54. The number of nitrogens with one attached hydrogen (secondary N) is 1. The van der Waals surface area contributed by atoms with Crippen molar-refractivity contribution in [3.63, 3.8) is 0 Å². The van der Waals surface area contributed by atoms with Crippen molar-refractivity contribution in [1.29, 1.82) is 0 Å². The smallest absolute Gasteiger partial charge is 0.308 e. The molecule has 142 valence electrons. The molecule has 0 spiro atoms. The molecule has 0 aromatic carbocycles. The van der Waals surface area contributed by atoms with Crippen LogP contribution in [0.1, 0.15) is 50.8 Å². The van der Waals surface area contributed by atoms with E-state index in [-0.39, 0.29) is 30.3 Å². The van der Waals surface area contributed by atoms with Crippen LogP contribution in [-0.2, 0) is 28.0 Å². The molecular weight excluding hydrogens is 354 g/mol. The molecule has 6 nitrogen and oxygen atoms in total. The summed E-state index contributed by atoms with van der Waals surface area (Å²) < 4.78 is 6.89. The molecule has 0 saturated heterocycles. The van der Waals surface area contributed by atoms with Crippen molar-refractivity contribution in [2.45, 2.75) is 51.6 Å². The van der Waals surface area contributed by atoms with Gasteiger partial charge in [0.15, 0.2) is 0 Å². The van der Waals surface area contributed by atoms with Gasteiger partial charge in [0.1, 0.15) is 17.6 Å². The van der Waals surface area contributed by atoms with Crippen molar-refractivity contribution < 1.29 is 14.3 Å². The van der Waals surface area contributed by atoms with E-state index in [0.29, 0.717) is 17.5 Å². The Morgan fingerprint density at radius 2 is 1.88 bits per heavy atom. The Labute approximate surface area is 158 Å². The standard InChI is InChI=1S/C19H26ClN3O3/c1-23-15(20)10-22-16(23)11-26-17(24)2-3-21-18(25)19-7-12-4-13(8-19)6-14(5-12)9-19/h10,12-14H,2-9,11H2,1H3,(H,21,25). The van der Waals surface area contributed by atoms with E-state index in [1.54, 1.807) is 11.6 Å². The summed E-state index contributed by atoms with van der Waals surface area (Å²) in [7, 11) is 1.77. The van der Waals surface area contributed by atoms with Gasteiger partial charge in [0, 0.05) is 19.0 Å². The van der Waals surface area contributed by atoms with E-state index in [9.17, 15) is 9.59 Å². The summed E-state index contributed by atoms with van der Waals surface area (Å²) in [6.07, 6.45) is 8.76. The maximum Gasteiger partial charge on any atom is 0.308 e. The second-order valence-electron chi connectivity index (χ2n) is 8.42. The van der Waals surface area contributed by atoms with Crippen molar-refractivity contribution in [2.75, 3.05) is 6.54 Å². The normalized spacial score (nSPS) is 31.8. The van der Waals surface area contributed by atoms with Gasteiger partial charge in [-0.25, -0.2) is 4.98 Å². The second-order valence-corrected chi connectivity index (χ2v) is 8.81. The Morgan fingerprint density at radius 3 is 2.42 bits per heavy atom. The number of rotatable bonds is 6. The number of carbonyl (C=O) groups is 2. The van der Waals surface area contributed by atoms with Gasteiger partial charge in [-0.2, -0.15) is 0 Å². The lowest BCUT2D eigenvalue weighted by Crippen LogP contribution is -2.53. The minimum Gasteiger partial charge on any atom is -0.457 e. The van der Waals surface area contributed by atoms with Crippen molar-refractivity contribution in [3.05, 3.63) is 17.2 Å². The summed E-state index contributed by atoms with van der Waals surface area (Å²) in [5, 5.41) is 3.50. The number of esters is 1. The van der Waals surface area contributed by atoms with Gasteiger partial charge in [0.2, 0.25) is 5.91 Å². The third kappa shape index (κ3) is 3.36. The molecule has 4 aliphatic rings. The largest absolute Gasteiger partial charge is 0.457 e. The molecule has 4 saturated carbocycles. The molecule has 1 amide bonds. The van der Waals surface area contributed by atoms with Crippen LogP contribution in [-0.4, -0.2) is 28.0 Å². The zero-order valence-corrected chi connectivity index (χ0v) is 15.9. The maximum atomic E-state index is 12.8. The molecule has 1 aromatic heterocycles. The van der Waals surface area contributed by atoms with Crippen LogP contribution in [0.2, 0.25) is 5.15 Å². The summed E-state index contributed by atoms with van der Waals surface area (Å²) in [4.78, 5) is 28.8. The van der Waals surface area contributed by atoms with Gasteiger partial charge in [-0.1, -0.05) is 11.6 Å². The van der Waals surface area contributed by atoms with Gasteiger partial charge in [-0.15, -0.1) is 0 Å². The van der Waals surface area contributed by atoms with E-state index in [1.165, 1.54) is 25.5 Å². The molecule has 4 bridgehead atoms. The summed E-state index contributed by atoms with van der Waals surface area (Å²) in [5.74, 6) is 2.63. The molecule has 0 atom stereocenters. The second kappa shape index (κ2) is 6.87. The van der Waals surface area contributed by atoms with Gasteiger partial charge in [0.25, 0.3) is 0 Å². The third-order valence-corrected chi connectivity index (χ3v) is 6.88. The lowest BCUT2D eigenvalue weighted by molar-refractivity contribution is -0.147. The summed E-state index contributed by atoms with van der Waals surface area (Å²) in [6.45, 7) is 0.422. The van der Waals surface area contributed by atoms with E-state index >= 15 is 0 Å². The first-order valence-electron chi connectivity index (χ1n) is 9.55. The molecule has 7 heteroatoms. The van der Waals surface area contributed by atoms with Crippen molar-refractivity contribution >= 4 is 23.5 Å². The van der Waals surface area contributed by atoms with Gasteiger partial charge < -0.3 is 14.6 Å². The maximum absolute atomic E-state index is 12.8. The number of imidazole rings is 1. The van der Waals surface area contributed by atoms with Crippen LogP contribution in [0, 0.1) is 23.2 Å². The van der Waals surface area contributed by atoms with Crippen LogP contribution in [0.15, 0.2) is 6.20 Å². The van der Waals surface area contributed by atoms with E-state index in [4.69, 9.17) is 16.3 Å². The van der Waals surface area contributed by atoms with Crippen LogP contribution in [0.25, 0.3) is 0 Å². The zero-order chi connectivity index (χ0) is 18.3. The zero-order valence-electron chi connectivity index (χ0n) is 15.2. The molecule has 0 aliphatic heterocycles. The van der Waals surface area contributed by atoms with Crippen LogP contribution in [0.5, 0.6) is 0 Å². The molecule has 26 heavy (non-hydrogen) atoms. The lowest BCUT2D eigenvalue weighted by Gasteiger charge is -2.55. The van der Waals surface area contributed by atoms with Crippen LogP contribution in [0.3, 0.4) is 0 Å². The van der Waals surface area contributed by atoms with Crippen molar-refractivity contribution in [1.82, 2.24) is 14.9 Å². The fraction of sp³-hybridized carbons (Fsp3) is 0.737. The molecule has 4 aliphatic carbocycles. The monoisotopic (exact) mass is 379 g/mol. The number of aromatic nitrogens is 2. The predicted molar refractivity (Wildman–Crippen MR) is 96.2 cm³/mol. The van der Waals surface area contributed by atoms with Gasteiger partial charge in [-0.05, 0) is 56.3 Å². The van der Waals surface area contributed by atoms with E-state index in [2.05, 4.69) is 10.3 Å². The number of carbonyl (C=O) groups excluding carboxylic acids is 2. The molecular formula is C19H26ClN3O3. The highest BCUT2D eigenvalue weighted by molar-refractivity contribution is 6.29. The fourth-order valence-electron chi connectivity index (χ4n) is 5.63. The first-order valence-corrected chi connectivity index (χ1v) is 9.93. The summed E-state index contributed by atoms with van der Waals surface area (Å²) in [6, 6.07) is 0. The average molecular weight is 380 g/mol. The van der Waals surface area contributed by atoms with E-state index in [0.717, 1.165) is 37.0 Å². The summed E-state index contributed by atoms with van der Waals surface area (Å²) >= 11 is 5.90. The number of ether oxygens (including phenoxy) is 1. The van der Waals surface area contributed by atoms with Gasteiger partial charge in [-0.3, -0.25) is 9.59 Å². The third-order valence-electron chi connectivity index (χ3n) is 6.52. The Morgan fingerprint density at radius 1 is 1.27 bits per heavy atom. The Balaban J connectivity index is 1.22. The first-order chi connectivity index (χ1) is 12.4. The van der Waals surface area contributed by atoms with Crippen LogP contribution >= 0.6 is 11.6 Å². The molecule has 0 radical (unpaired) electrons. The topological polar surface area (TPSA) is 73.2 Å². The van der Waals surface area contributed by atoms with E-state index in [1.807, 2.05) is 0 Å². The van der Waals surface area contributed by atoms with Crippen molar-refractivity contribution in [3.8, 4) is 0 Å². The Bertz CT molecular complexity index is 680. The fourth-order valence-corrected chi connectivity index (χ4v) is 5.78.